The number of nitriles is 1. The van der Waals surface area contributed by atoms with Gasteiger partial charge in [0.05, 0.1) is 30.3 Å². The van der Waals surface area contributed by atoms with Gasteiger partial charge in [0.2, 0.25) is 0 Å². The van der Waals surface area contributed by atoms with E-state index in [1.165, 1.54) is 24.5 Å². The van der Waals surface area contributed by atoms with Gasteiger partial charge in [-0.2, -0.15) is 5.26 Å². The summed E-state index contributed by atoms with van der Waals surface area (Å²) in [5.41, 5.74) is 1.03. The van der Waals surface area contributed by atoms with Gasteiger partial charge in [0.25, 0.3) is 0 Å². The molecule has 0 spiro atoms. The number of ether oxygens (including phenoxy) is 1. The van der Waals surface area contributed by atoms with Gasteiger partial charge in [0.15, 0.2) is 11.6 Å². The monoisotopic (exact) mass is 243 g/mol. The van der Waals surface area contributed by atoms with Crippen molar-refractivity contribution in [3.05, 3.63) is 42.1 Å². The molecule has 0 fully saturated rings. The van der Waals surface area contributed by atoms with Crippen LogP contribution in [-0.4, -0.2) is 16.6 Å². The smallest absolute Gasteiger partial charge is 0.155 e. The Labute approximate surface area is 104 Å². The summed E-state index contributed by atoms with van der Waals surface area (Å²) in [6, 6.07) is 5.02. The van der Waals surface area contributed by atoms with E-state index in [2.05, 4.69) is 9.97 Å². The van der Waals surface area contributed by atoms with Crippen molar-refractivity contribution in [3.8, 4) is 23.1 Å². The topological polar surface area (TPSA) is 58.8 Å². The third-order valence-electron chi connectivity index (χ3n) is 2.34. The standard InChI is InChI=1S/C13H10FN3O/c1-2-18-13-8-17-12(5-9(13)6-15)10-3-4-16-7-11(10)14/h3-5,7-8H,2H2,1H3. The van der Waals surface area contributed by atoms with Gasteiger partial charge in [-0.15, -0.1) is 0 Å². The van der Waals surface area contributed by atoms with Crippen LogP contribution in [0.4, 0.5) is 4.39 Å². The molecule has 0 atom stereocenters. The summed E-state index contributed by atoms with van der Waals surface area (Å²) in [5, 5.41) is 9.02. The average Bonchev–Trinajstić information content (AvgIpc) is 2.40. The van der Waals surface area contributed by atoms with Crippen LogP contribution in [0.2, 0.25) is 0 Å². The van der Waals surface area contributed by atoms with E-state index in [-0.39, 0.29) is 0 Å². The molecule has 0 unspecified atom stereocenters. The molecule has 5 heteroatoms. The summed E-state index contributed by atoms with van der Waals surface area (Å²) < 4.78 is 18.8. The van der Waals surface area contributed by atoms with Crippen molar-refractivity contribution < 1.29 is 9.13 Å². The van der Waals surface area contributed by atoms with Gasteiger partial charge < -0.3 is 4.74 Å². The lowest BCUT2D eigenvalue weighted by molar-refractivity contribution is 0.338. The maximum absolute atomic E-state index is 13.5. The van der Waals surface area contributed by atoms with E-state index in [4.69, 9.17) is 10.00 Å². The molecule has 0 saturated heterocycles. The van der Waals surface area contributed by atoms with Crippen LogP contribution in [0.1, 0.15) is 12.5 Å². The minimum Gasteiger partial charge on any atom is -0.491 e. The van der Waals surface area contributed by atoms with E-state index in [1.54, 1.807) is 0 Å². The molecular weight excluding hydrogens is 233 g/mol. The van der Waals surface area contributed by atoms with Gasteiger partial charge in [-0.25, -0.2) is 4.39 Å². The normalized spacial score (nSPS) is 9.83. The third-order valence-corrected chi connectivity index (χ3v) is 2.34. The van der Waals surface area contributed by atoms with E-state index >= 15 is 0 Å². The lowest BCUT2D eigenvalue weighted by Gasteiger charge is -2.07. The first-order chi connectivity index (χ1) is 8.76. The van der Waals surface area contributed by atoms with Gasteiger partial charge in [-0.3, -0.25) is 9.97 Å². The van der Waals surface area contributed by atoms with E-state index in [0.717, 1.165) is 6.20 Å². The van der Waals surface area contributed by atoms with Crippen molar-refractivity contribution >= 4 is 0 Å². The van der Waals surface area contributed by atoms with E-state index in [9.17, 15) is 4.39 Å². The lowest BCUT2D eigenvalue weighted by atomic mass is 10.1. The molecule has 4 nitrogen and oxygen atoms in total. The molecule has 0 saturated carbocycles. The fraction of sp³-hybridized carbons (Fsp3) is 0.154. The zero-order valence-electron chi connectivity index (χ0n) is 9.72. The second-order valence-corrected chi connectivity index (χ2v) is 3.47. The Kier molecular flexibility index (Phi) is 3.49. The maximum Gasteiger partial charge on any atom is 0.155 e. The van der Waals surface area contributed by atoms with Gasteiger partial charge in [-0.05, 0) is 19.1 Å². The van der Waals surface area contributed by atoms with E-state index < -0.39 is 5.82 Å². The van der Waals surface area contributed by atoms with Crippen molar-refractivity contribution in [2.45, 2.75) is 6.92 Å². The molecule has 0 aliphatic carbocycles. The Morgan fingerprint density at radius 1 is 1.44 bits per heavy atom. The first-order valence-electron chi connectivity index (χ1n) is 5.39. The van der Waals surface area contributed by atoms with Crippen LogP contribution in [0, 0.1) is 17.1 Å². The predicted molar refractivity (Wildman–Crippen MR) is 63.3 cm³/mol. The number of hydrogen-bond acceptors (Lipinski definition) is 4. The molecule has 0 aliphatic heterocycles. The van der Waals surface area contributed by atoms with Crippen molar-refractivity contribution in [1.82, 2.24) is 9.97 Å². The summed E-state index contributed by atoms with van der Waals surface area (Å²) in [4.78, 5) is 7.76. The highest BCUT2D eigenvalue weighted by molar-refractivity contribution is 5.62. The van der Waals surface area contributed by atoms with Crippen LogP contribution in [0.3, 0.4) is 0 Å². The molecule has 90 valence electrons. The highest BCUT2D eigenvalue weighted by Crippen LogP contribution is 2.25. The largest absolute Gasteiger partial charge is 0.491 e. The molecule has 0 aromatic carbocycles. The minimum absolute atomic E-state index is 0.310. The predicted octanol–water partition coefficient (Wildman–Crippen LogP) is 2.55. The Morgan fingerprint density at radius 2 is 2.28 bits per heavy atom. The number of hydrogen-bond donors (Lipinski definition) is 0. The van der Waals surface area contributed by atoms with Crippen molar-refractivity contribution in [2.24, 2.45) is 0 Å². The molecule has 0 N–H and O–H groups in total. The number of rotatable bonds is 3. The second-order valence-electron chi connectivity index (χ2n) is 3.47. The zero-order valence-corrected chi connectivity index (χ0v) is 9.72. The Hall–Kier alpha value is -2.48. The van der Waals surface area contributed by atoms with Gasteiger partial charge in [0, 0.05) is 11.8 Å². The molecule has 2 heterocycles. The minimum atomic E-state index is -0.474. The summed E-state index contributed by atoms with van der Waals surface area (Å²) >= 11 is 0. The first-order valence-corrected chi connectivity index (χ1v) is 5.39. The van der Waals surface area contributed by atoms with E-state index in [0.29, 0.717) is 29.2 Å². The van der Waals surface area contributed by atoms with Crippen LogP contribution in [0.15, 0.2) is 30.7 Å². The molecule has 2 aromatic heterocycles. The fourth-order valence-electron chi connectivity index (χ4n) is 1.53. The van der Waals surface area contributed by atoms with Gasteiger partial charge in [-0.1, -0.05) is 0 Å². The van der Waals surface area contributed by atoms with E-state index in [1.807, 2.05) is 13.0 Å². The average molecular weight is 243 g/mol. The first kappa shape index (κ1) is 12.0. The molecule has 0 amide bonds. The molecule has 2 rings (SSSR count). The zero-order chi connectivity index (χ0) is 13.0. The summed E-state index contributed by atoms with van der Waals surface area (Å²) in [6.07, 6.45) is 4.01. The molecule has 0 radical (unpaired) electrons. The summed E-state index contributed by atoms with van der Waals surface area (Å²) in [7, 11) is 0. The number of pyridine rings is 2. The van der Waals surface area contributed by atoms with Crippen LogP contribution in [-0.2, 0) is 0 Å². The highest BCUT2D eigenvalue weighted by Gasteiger charge is 2.10. The number of aromatic nitrogens is 2. The summed E-state index contributed by atoms with van der Waals surface area (Å²) in [5.74, 6) is -0.0729. The Balaban J connectivity index is 2.49. The van der Waals surface area contributed by atoms with Crippen LogP contribution < -0.4 is 4.74 Å². The SMILES string of the molecule is CCOc1cnc(-c2ccncc2F)cc1C#N. The molecular formula is C13H10FN3O. The Bertz CT molecular complexity index is 607. The molecule has 0 aliphatic rings. The number of nitrogens with zero attached hydrogens (tertiary/aromatic N) is 3. The quantitative estimate of drug-likeness (QED) is 0.831. The van der Waals surface area contributed by atoms with Gasteiger partial charge >= 0.3 is 0 Å². The van der Waals surface area contributed by atoms with Crippen molar-refractivity contribution in [1.29, 1.82) is 5.26 Å². The molecule has 18 heavy (non-hydrogen) atoms. The van der Waals surface area contributed by atoms with Gasteiger partial charge in [0.1, 0.15) is 6.07 Å². The van der Waals surface area contributed by atoms with Crippen molar-refractivity contribution in [3.63, 3.8) is 0 Å². The fourth-order valence-corrected chi connectivity index (χ4v) is 1.53. The van der Waals surface area contributed by atoms with Crippen LogP contribution >= 0.6 is 0 Å². The second kappa shape index (κ2) is 5.23. The molecule has 2 aromatic rings. The number of halogens is 1. The lowest BCUT2D eigenvalue weighted by Crippen LogP contribution is -1.97. The van der Waals surface area contributed by atoms with Crippen molar-refractivity contribution in [2.75, 3.05) is 6.61 Å². The Morgan fingerprint density at radius 3 is 2.94 bits per heavy atom. The maximum atomic E-state index is 13.5. The summed E-state index contributed by atoms with van der Waals surface area (Å²) in [6.45, 7) is 2.26. The van der Waals surface area contributed by atoms with Crippen LogP contribution in [0.5, 0.6) is 5.75 Å². The molecule has 0 bridgehead atoms. The highest BCUT2D eigenvalue weighted by atomic mass is 19.1. The third kappa shape index (κ3) is 2.28. The van der Waals surface area contributed by atoms with Crippen LogP contribution in [0.25, 0.3) is 11.3 Å².